The topological polar surface area (TPSA) is 70.3 Å². The Kier molecular flexibility index (Phi) is 3.66. The van der Waals surface area contributed by atoms with Crippen LogP contribution in [0.2, 0.25) is 0 Å². The van der Waals surface area contributed by atoms with Crippen LogP contribution >= 0.6 is 15.9 Å². The highest BCUT2D eigenvalue weighted by Crippen LogP contribution is 2.37. The Balaban J connectivity index is 2.54. The maximum atomic E-state index is 5.56. The molecule has 94 valence electrons. The zero-order chi connectivity index (χ0) is 13.1. The number of halogens is 1. The number of nitrogens with two attached hydrogens (primary N) is 1. The van der Waals surface area contributed by atoms with Gasteiger partial charge in [0.25, 0.3) is 0 Å². The number of ether oxygens (including phenoxy) is 2. The molecule has 18 heavy (non-hydrogen) atoms. The summed E-state index contributed by atoms with van der Waals surface area (Å²) in [5, 5.41) is 0. The van der Waals surface area contributed by atoms with Gasteiger partial charge in [-0.15, -0.1) is 0 Å². The second kappa shape index (κ2) is 5.22. The van der Waals surface area contributed by atoms with E-state index in [0.29, 0.717) is 23.0 Å². The van der Waals surface area contributed by atoms with Gasteiger partial charge in [-0.2, -0.15) is 0 Å². The highest BCUT2D eigenvalue weighted by Gasteiger charge is 2.12. The van der Waals surface area contributed by atoms with E-state index in [9.17, 15) is 0 Å². The first-order valence-corrected chi connectivity index (χ1v) is 5.94. The molecule has 2 N–H and O–H groups in total. The second-order valence-electron chi connectivity index (χ2n) is 3.53. The van der Waals surface area contributed by atoms with E-state index in [4.69, 9.17) is 15.2 Å². The van der Waals surface area contributed by atoms with E-state index in [1.165, 1.54) is 0 Å². The fourth-order valence-corrected chi connectivity index (χ4v) is 2.00. The standard InChI is InChI=1S/C12H12BrN3O2/c1-17-10-3-8(9(13)4-11(10)18-2)12-15-5-7(14)6-16-12/h3-6H,14H2,1-2H3. The summed E-state index contributed by atoms with van der Waals surface area (Å²) in [5.41, 5.74) is 6.90. The average molecular weight is 310 g/mol. The number of methoxy groups -OCH3 is 2. The van der Waals surface area contributed by atoms with Crippen molar-refractivity contribution in [2.75, 3.05) is 20.0 Å². The van der Waals surface area contributed by atoms with Crippen LogP contribution in [-0.4, -0.2) is 24.2 Å². The number of aromatic nitrogens is 2. The Hall–Kier alpha value is -1.82. The van der Waals surface area contributed by atoms with E-state index in [1.54, 1.807) is 26.6 Å². The minimum Gasteiger partial charge on any atom is -0.493 e. The van der Waals surface area contributed by atoms with Crippen LogP contribution in [0.5, 0.6) is 11.5 Å². The fourth-order valence-electron chi connectivity index (χ4n) is 1.50. The van der Waals surface area contributed by atoms with Gasteiger partial charge in [0.05, 0.1) is 32.3 Å². The first-order valence-electron chi connectivity index (χ1n) is 5.15. The summed E-state index contributed by atoms with van der Waals surface area (Å²) in [4.78, 5) is 8.36. The zero-order valence-electron chi connectivity index (χ0n) is 9.98. The Morgan fingerprint density at radius 2 is 1.61 bits per heavy atom. The fraction of sp³-hybridized carbons (Fsp3) is 0.167. The molecule has 1 heterocycles. The molecule has 0 aliphatic carbocycles. The van der Waals surface area contributed by atoms with Gasteiger partial charge < -0.3 is 15.2 Å². The van der Waals surface area contributed by atoms with Gasteiger partial charge in [0.15, 0.2) is 17.3 Å². The third-order valence-corrected chi connectivity index (χ3v) is 3.04. The first kappa shape index (κ1) is 12.6. The van der Waals surface area contributed by atoms with E-state index >= 15 is 0 Å². The Bertz CT molecular complexity index is 558. The Morgan fingerprint density at radius 3 is 2.17 bits per heavy atom. The van der Waals surface area contributed by atoms with Crippen molar-refractivity contribution in [3.63, 3.8) is 0 Å². The van der Waals surface area contributed by atoms with Gasteiger partial charge in [-0.25, -0.2) is 9.97 Å². The monoisotopic (exact) mass is 309 g/mol. The van der Waals surface area contributed by atoms with Crippen molar-refractivity contribution in [1.82, 2.24) is 9.97 Å². The van der Waals surface area contributed by atoms with Crippen molar-refractivity contribution in [2.24, 2.45) is 0 Å². The lowest BCUT2D eigenvalue weighted by Crippen LogP contribution is -1.95. The SMILES string of the molecule is COc1cc(Br)c(-c2ncc(N)cn2)cc1OC. The van der Waals surface area contributed by atoms with E-state index < -0.39 is 0 Å². The minimum atomic E-state index is 0.523. The van der Waals surface area contributed by atoms with Crippen LogP contribution in [0.3, 0.4) is 0 Å². The van der Waals surface area contributed by atoms with Gasteiger partial charge in [-0.05, 0) is 28.1 Å². The van der Waals surface area contributed by atoms with Crippen LogP contribution in [0, 0.1) is 0 Å². The summed E-state index contributed by atoms with van der Waals surface area (Å²) < 4.78 is 11.3. The van der Waals surface area contributed by atoms with E-state index in [1.807, 2.05) is 12.1 Å². The number of anilines is 1. The van der Waals surface area contributed by atoms with Gasteiger partial charge in [-0.1, -0.05) is 0 Å². The molecule has 0 bridgehead atoms. The maximum absolute atomic E-state index is 5.56. The van der Waals surface area contributed by atoms with Crippen LogP contribution in [0.4, 0.5) is 5.69 Å². The molecule has 0 aliphatic heterocycles. The van der Waals surface area contributed by atoms with Gasteiger partial charge >= 0.3 is 0 Å². The van der Waals surface area contributed by atoms with Gasteiger partial charge in [0.2, 0.25) is 0 Å². The molecule has 5 nitrogen and oxygen atoms in total. The molecular weight excluding hydrogens is 298 g/mol. The lowest BCUT2D eigenvalue weighted by Gasteiger charge is -2.11. The Morgan fingerprint density at radius 1 is 1.06 bits per heavy atom. The summed E-state index contributed by atoms with van der Waals surface area (Å²) in [6, 6.07) is 3.63. The van der Waals surface area contributed by atoms with Crippen LogP contribution in [0.1, 0.15) is 0 Å². The molecule has 2 aromatic rings. The number of rotatable bonds is 3. The van der Waals surface area contributed by atoms with Crippen molar-refractivity contribution in [1.29, 1.82) is 0 Å². The highest BCUT2D eigenvalue weighted by atomic mass is 79.9. The van der Waals surface area contributed by atoms with Crippen molar-refractivity contribution < 1.29 is 9.47 Å². The molecule has 0 fully saturated rings. The normalized spacial score (nSPS) is 10.2. The van der Waals surface area contributed by atoms with E-state index in [-0.39, 0.29) is 0 Å². The van der Waals surface area contributed by atoms with Crippen LogP contribution in [0.15, 0.2) is 29.0 Å². The van der Waals surface area contributed by atoms with Crippen LogP contribution < -0.4 is 15.2 Å². The number of benzene rings is 1. The van der Waals surface area contributed by atoms with E-state index in [0.717, 1.165) is 10.0 Å². The van der Waals surface area contributed by atoms with E-state index in [2.05, 4.69) is 25.9 Å². The molecule has 0 saturated heterocycles. The number of nitrogens with zero attached hydrogens (tertiary/aromatic N) is 2. The van der Waals surface area contributed by atoms with Crippen molar-refractivity contribution >= 4 is 21.6 Å². The lowest BCUT2D eigenvalue weighted by atomic mass is 10.2. The first-order chi connectivity index (χ1) is 8.65. The van der Waals surface area contributed by atoms with Gasteiger partial charge in [0, 0.05) is 10.0 Å². The summed E-state index contributed by atoms with van der Waals surface area (Å²) in [5.74, 6) is 1.83. The predicted molar refractivity (Wildman–Crippen MR) is 72.7 cm³/mol. The molecule has 0 aliphatic rings. The smallest absolute Gasteiger partial charge is 0.161 e. The average Bonchev–Trinajstić information content (AvgIpc) is 2.39. The van der Waals surface area contributed by atoms with Crippen LogP contribution in [-0.2, 0) is 0 Å². The molecule has 0 radical (unpaired) electrons. The summed E-state index contributed by atoms with van der Waals surface area (Å²) >= 11 is 3.46. The maximum Gasteiger partial charge on any atom is 0.161 e. The predicted octanol–water partition coefficient (Wildman–Crippen LogP) is 2.51. The molecule has 0 atom stereocenters. The summed E-state index contributed by atoms with van der Waals surface area (Å²) in [7, 11) is 3.17. The van der Waals surface area contributed by atoms with Crippen molar-refractivity contribution in [2.45, 2.75) is 0 Å². The van der Waals surface area contributed by atoms with Crippen molar-refractivity contribution in [3.8, 4) is 22.9 Å². The van der Waals surface area contributed by atoms with Gasteiger partial charge in [-0.3, -0.25) is 0 Å². The summed E-state index contributed by atoms with van der Waals surface area (Å²) in [6.45, 7) is 0. The largest absolute Gasteiger partial charge is 0.493 e. The second-order valence-corrected chi connectivity index (χ2v) is 4.38. The molecular formula is C12H12BrN3O2. The third kappa shape index (κ3) is 2.38. The quantitative estimate of drug-likeness (QED) is 0.943. The third-order valence-electron chi connectivity index (χ3n) is 2.39. The van der Waals surface area contributed by atoms with Crippen molar-refractivity contribution in [3.05, 3.63) is 29.0 Å². The van der Waals surface area contributed by atoms with Gasteiger partial charge in [0.1, 0.15) is 0 Å². The molecule has 0 spiro atoms. The highest BCUT2D eigenvalue weighted by molar-refractivity contribution is 9.10. The molecule has 1 aromatic heterocycles. The molecule has 1 aromatic carbocycles. The van der Waals surface area contributed by atoms with Crippen LogP contribution in [0.25, 0.3) is 11.4 Å². The lowest BCUT2D eigenvalue weighted by molar-refractivity contribution is 0.355. The molecule has 6 heteroatoms. The number of nitrogen functional groups attached to an aromatic ring is 1. The Labute approximate surface area is 113 Å². The molecule has 0 saturated carbocycles. The molecule has 0 unspecified atom stereocenters. The number of hydrogen-bond donors (Lipinski definition) is 1. The number of hydrogen-bond acceptors (Lipinski definition) is 5. The zero-order valence-corrected chi connectivity index (χ0v) is 11.6. The molecule has 0 amide bonds. The minimum absolute atomic E-state index is 0.523. The molecule has 2 rings (SSSR count). The summed E-state index contributed by atoms with van der Waals surface area (Å²) in [6.07, 6.45) is 3.12.